The third kappa shape index (κ3) is 8.91. The normalized spacial score (nSPS) is 11.9. The minimum absolute atomic E-state index is 0.0142. The van der Waals surface area contributed by atoms with Gasteiger partial charge in [-0.3, -0.25) is 9.59 Å². The molecule has 0 heterocycles. The lowest BCUT2D eigenvalue weighted by Crippen LogP contribution is -2.17. The second-order valence-electron chi connectivity index (χ2n) is 6.99. The van der Waals surface area contributed by atoms with Gasteiger partial charge in [0.2, 0.25) is 11.8 Å². The van der Waals surface area contributed by atoms with Crippen LogP contribution in [0.4, 0.5) is 37.7 Å². The van der Waals surface area contributed by atoms with Crippen molar-refractivity contribution < 1.29 is 45.4 Å². The second-order valence-corrected chi connectivity index (χ2v) is 6.99. The first-order valence-electron chi connectivity index (χ1n) is 9.62. The van der Waals surface area contributed by atoms with E-state index >= 15 is 0 Å². The number of carbonyl (C=O) groups excluding carboxylic acids is 2. The summed E-state index contributed by atoms with van der Waals surface area (Å²) >= 11 is 0. The summed E-state index contributed by atoms with van der Waals surface area (Å²) in [7, 11) is 0. The zero-order valence-electron chi connectivity index (χ0n) is 17.2. The van der Waals surface area contributed by atoms with Gasteiger partial charge in [-0.15, -0.1) is 0 Å². The van der Waals surface area contributed by atoms with E-state index in [0.29, 0.717) is 0 Å². The van der Waals surface area contributed by atoms with Gasteiger partial charge in [-0.25, -0.2) is 8.78 Å². The van der Waals surface area contributed by atoms with Gasteiger partial charge >= 0.3 is 13.2 Å². The molecular weight excluding hydrogens is 458 g/mol. The number of hydrogen-bond donors (Lipinski definition) is 2. The summed E-state index contributed by atoms with van der Waals surface area (Å²) in [5.41, 5.74) is 0.0937. The van der Waals surface area contributed by atoms with Crippen LogP contribution in [0.2, 0.25) is 0 Å². The van der Waals surface area contributed by atoms with Gasteiger partial charge in [0, 0.05) is 36.3 Å². The van der Waals surface area contributed by atoms with Crippen molar-refractivity contribution in [3.05, 3.63) is 48.0 Å². The minimum atomic E-state index is -3.18. The van der Waals surface area contributed by atoms with Crippen molar-refractivity contribution in [3.8, 4) is 11.5 Å². The first-order valence-corrected chi connectivity index (χ1v) is 9.62. The van der Waals surface area contributed by atoms with Crippen LogP contribution < -0.4 is 20.1 Å². The van der Waals surface area contributed by atoms with Gasteiger partial charge in [-0.1, -0.05) is 6.92 Å². The lowest BCUT2D eigenvalue weighted by molar-refractivity contribution is -0.118. The molecule has 0 radical (unpaired) electrons. The highest BCUT2D eigenvalue weighted by atomic mass is 19.3. The Labute approximate surface area is 184 Å². The predicted molar refractivity (Wildman–Crippen MR) is 106 cm³/mol. The summed E-state index contributed by atoms with van der Waals surface area (Å²) < 4.78 is 83.9. The molecule has 0 aliphatic carbocycles. The number of anilines is 2. The molecule has 2 aromatic carbocycles. The maximum Gasteiger partial charge on any atom is 0.387 e. The molecule has 1 atom stereocenters. The molecule has 180 valence electrons. The van der Waals surface area contributed by atoms with Crippen LogP contribution >= 0.6 is 0 Å². The molecule has 2 rings (SSSR count). The van der Waals surface area contributed by atoms with Crippen molar-refractivity contribution in [3.63, 3.8) is 0 Å². The number of halogens is 6. The summed E-state index contributed by atoms with van der Waals surface area (Å²) in [5.74, 6) is -4.67. The molecule has 0 aliphatic rings. The van der Waals surface area contributed by atoms with Gasteiger partial charge in [0.25, 0.3) is 0 Å². The van der Waals surface area contributed by atoms with Gasteiger partial charge in [-0.05, 0) is 36.6 Å². The Balaban J connectivity index is 1.78. The number of benzene rings is 2. The van der Waals surface area contributed by atoms with Crippen LogP contribution in [0.5, 0.6) is 11.5 Å². The Morgan fingerprint density at radius 2 is 1.27 bits per heavy atom. The van der Waals surface area contributed by atoms with Gasteiger partial charge in [0.05, 0.1) is 0 Å². The standard InChI is InChI=1S/C21H20F6N2O4/c1-11(8-19(31)29-13-4-6-17(15(23)10-13)33-21(26)27)2-7-18(30)28-12-3-5-16(14(22)9-12)32-20(24)25/h3-6,9-11,20-21H,2,7-8H2,1H3,(H,28,30)(H,29,31). The average molecular weight is 478 g/mol. The van der Waals surface area contributed by atoms with E-state index in [4.69, 9.17) is 0 Å². The zero-order chi connectivity index (χ0) is 24.5. The van der Waals surface area contributed by atoms with E-state index in [-0.39, 0.29) is 36.6 Å². The second kappa shape index (κ2) is 12.0. The summed E-state index contributed by atoms with van der Waals surface area (Å²) in [6, 6.07) is 5.99. The lowest BCUT2D eigenvalue weighted by Gasteiger charge is -2.13. The van der Waals surface area contributed by atoms with E-state index < -0.39 is 48.2 Å². The molecule has 2 aromatic rings. The van der Waals surface area contributed by atoms with Crippen molar-refractivity contribution in [1.29, 1.82) is 0 Å². The van der Waals surface area contributed by atoms with E-state index in [1.807, 2.05) is 0 Å². The number of alkyl halides is 4. The van der Waals surface area contributed by atoms with Crippen LogP contribution in [-0.2, 0) is 9.59 Å². The topological polar surface area (TPSA) is 76.7 Å². The predicted octanol–water partition coefficient (Wildman–Crippen LogP) is 5.55. The Hall–Kier alpha value is -3.44. The highest BCUT2D eigenvalue weighted by Crippen LogP contribution is 2.24. The monoisotopic (exact) mass is 478 g/mol. The summed E-state index contributed by atoms with van der Waals surface area (Å²) in [5, 5.41) is 4.82. The lowest BCUT2D eigenvalue weighted by atomic mass is 10.0. The van der Waals surface area contributed by atoms with Gasteiger partial charge in [-0.2, -0.15) is 17.6 Å². The van der Waals surface area contributed by atoms with Gasteiger partial charge < -0.3 is 20.1 Å². The number of ether oxygens (including phenoxy) is 2. The largest absolute Gasteiger partial charge is 0.432 e. The third-order valence-electron chi connectivity index (χ3n) is 4.26. The number of amides is 2. The first kappa shape index (κ1) is 25.8. The van der Waals surface area contributed by atoms with E-state index in [1.54, 1.807) is 6.92 Å². The van der Waals surface area contributed by atoms with Crippen molar-refractivity contribution in [2.45, 2.75) is 39.4 Å². The number of hydrogen-bond acceptors (Lipinski definition) is 4. The molecule has 1 unspecified atom stereocenters. The molecule has 0 fully saturated rings. The quantitative estimate of drug-likeness (QED) is 0.415. The van der Waals surface area contributed by atoms with E-state index in [2.05, 4.69) is 20.1 Å². The van der Waals surface area contributed by atoms with Crippen LogP contribution in [0.3, 0.4) is 0 Å². The zero-order valence-corrected chi connectivity index (χ0v) is 17.2. The number of nitrogens with one attached hydrogen (secondary N) is 2. The van der Waals surface area contributed by atoms with Crippen LogP contribution in [0.15, 0.2) is 36.4 Å². The number of rotatable bonds is 11. The Kier molecular flexibility index (Phi) is 9.37. The molecule has 0 saturated carbocycles. The molecule has 12 heteroatoms. The SMILES string of the molecule is CC(CCC(=O)Nc1ccc(OC(F)F)c(F)c1)CC(=O)Nc1ccc(OC(F)F)c(F)c1. The van der Waals surface area contributed by atoms with E-state index in [0.717, 1.165) is 24.3 Å². The molecule has 0 aliphatic heterocycles. The smallest absolute Gasteiger partial charge is 0.387 e. The summed E-state index contributed by atoms with van der Waals surface area (Å²) in [4.78, 5) is 24.1. The first-order chi connectivity index (χ1) is 15.5. The van der Waals surface area contributed by atoms with Crippen molar-refractivity contribution in [1.82, 2.24) is 0 Å². The van der Waals surface area contributed by atoms with Gasteiger partial charge in [0.15, 0.2) is 23.1 Å². The molecule has 0 saturated heterocycles. The fourth-order valence-electron chi connectivity index (χ4n) is 2.77. The molecular formula is C21H20F6N2O4. The summed E-state index contributed by atoms with van der Waals surface area (Å²) in [6.45, 7) is -4.67. The molecule has 0 aromatic heterocycles. The molecule has 6 nitrogen and oxygen atoms in total. The van der Waals surface area contributed by atoms with Crippen molar-refractivity contribution in [2.24, 2.45) is 5.92 Å². The highest BCUT2D eigenvalue weighted by molar-refractivity contribution is 5.92. The Morgan fingerprint density at radius 3 is 1.70 bits per heavy atom. The molecule has 2 N–H and O–H groups in total. The van der Waals surface area contributed by atoms with Crippen LogP contribution in [0.1, 0.15) is 26.2 Å². The van der Waals surface area contributed by atoms with Gasteiger partial charge in [0.1, 0.15) is 0 Å². The third-order valence-corrected chi connectivity index (χ3v) is 4.26. The van der Waals surface area contributed by atoms with Crippen molar-refractivity contribution in [2.75, 3.05) is 10.6 Å². The molecule has 33 heavy (non-hydrogen) atoms. The maximum atomic E-state index is 13.7. The van der Waals surface area contributed by atoms with Crippen molar-refractivity contribution >= 4 is 23.2 Å². The summed E-state index contributed by atoms with van der Waals surface area (Å²) in [6.07, 6.45) is 0.252. The Morgan fingerprint density at radius 1 is 0.818 bits per heavy atom. The fraction of sp³-hybridized carbons (Fsp3) is 0.333. The van der Waals surface area contributed by atoms with E-state index in [1.165, 1.54) is 12.1 Å². The average Bonchev–Trinajstić information content (AvgIpc) is 2.70. The molecule has 0 spiro atoms. The van der Waals surface area contributed by atoms with Crippen LogP contribution in [-0.4, -0.2) is 25.0 Å². The van der Waals surface area contributed by atoms with E-state index in [9.17, 15) is 35.9 Å². The number of carbonyl (C=O) groups is 2. The van der Waals surface area contributed by atoms with Crippen LogP contribution in [0.25, 0.3) is 0 Å². The molecule has 2 amide bonds. The van der Waals surface area contributed by atoms with Crippen LogP contribution in [0, 0.1) is 17.6 Å². The Bertz CT molecular complexity index is 974. The highest BCUT2D eigenvalue weighted by Gasteiger charge is 2.15. The maximum absolute atomic E-state index is 13.7. The fourth-order valence-corrected chi connectivity index (χ4v) is 2.77. The minimum Gasteiger partial charge on any atom is -0.432 e. The molecule has 0 bridgehead atoms.